The Balaban J connectivity index is 1.55. The molecule has 34 heavy (non-hydrogen) atoms. The van der Waals surface area contributed by atoms with Gasteiger partial charge >= 0.3 is 0 Å². The SMILES string of the molecule is CN(C)CCOc1cc(Cl)c2c(c1)C1CN(CCN(C)C)c3nc4ccccc4nc3N1CC2. The van der Waals surface area contributed by atoms with Gasteiger partial charge in [-0.3, -0.25) is 0 Å². The maximum absolute atomic E-state index is 6.78. The van der Waals surface area contributed by atoms with Gasteiger partial charge in [-0.1, -0.05) is 23.7 Å². The van der Waals surface area contributed by atoms with Gasteiger partial charge in [0.25, 0.3) is 0 Å². The lowest BCUT2D eigenvalue weighted by Crippen LogP contribution is -2.49. The van der Waals surface area contributed by atoms with Crippen LogP contribution in [0.2, 0.25) is 5.02 Å². The minimum Gasteiger partial charge on any atom is -0.492 e. The second-order valence-corrected chi connectivity index (χ2v) is 10.1. The zero-order valence-electron chi connectivity index (χ0n) is 20.5. The van der Waals surface area contributed by atoms with Gasteiger partial charge in [0.05, 0.1) is 17.1 Å². The average Bonchev–Trinajstić information content (AvgIpc) is 2.81. The van der Waals surface area contributed by atoms with E-state index in [-0.39, 0.29) is 6.04 Å². The minimum absolute atomic E-state index is 0.156. The molecule has 0 spiro atoms. The van der Waals surface area contributed by atoms with Crippen molar-refractivity contribution in [3.8, 4) is 5.75 Å². The summed E-state index contributed by atoms with van der Waals surface area (Å²) in [6.07, 6.45) is 0.883. The predicted molar refractivity (Wildman–Crippen MR) is 140 cm³/mol. The van der Waals surface area contributed by atoms with E-state index in [1.54, 1.807) is 0 Å². The fourth-order valence-electron chi connectivity index (χ4n) is 4.83. The highest BCUT2D eigenvalue weighted by atomic mass is 35.5. The Morgan fingerprint density at radius 3 is 2.41 bits per heavy atom. The summed E-state index contributed by atoms with van der Waals surface area (Å²) in [6, 6.07) is 12.5. The number of benzene rings is 2. The summed E-state index contributed by atoms with van der Waals surface area (Å²) in [5.74, 6) is 2.78. The highest BCUT2D eigenvalue weighted by molar-refractivity contribution is 6.31. The number of hydrogen-bond acceptors (Lipinski definition) is 7. The lowest BCUT2D eigenvalue weighted by atomic mass is 9.90. The second-order valence-electron chi connectivity index (χ2n) is 9.69. The molecule has 0 N–H and O–H groups in total. The quantitative estimate of drug-likeness (QED) is 0.511. The Kier molecular flexibility index (Phi) is 6.51. The maximum atomic E-state index is 6.78. The lowest BCUT2D eigenvalue weighted by Gasteiger charge is -2.46. The van der Waals surface area contributed by atoms with E-state index in [0.29, 0.717) is 6.61 Å². The number of anilines is 2. The molecule has 7 nitrogen and oxygen atoms in total. The number of rotatable bonds is 7. The molecule has 5 rings (SSSR count). The van der Waals surface area contributed by atoms with E-state index in [2.05, 4.69) is 39.8 Å². The van der Waals surface area contributed by atoms with Gasteiger partial charge in [-0.15, -0.1) is 0 Å². The smallest absolute Gasteiger partial charge is 0.173 e. The Morgan fingerprint density at radius 2 is 1.71 bits per heavy atom. The van der Waals surface area contributed by atoms with E-state index in [1.807, 2.05) is 44.4 Å². The van der Waals surface area contributed by atoms with Crippen LogP contribution in [0.3, 0.4) is 0 Å². The van der Waals surface area contributed by atoms with Gasteiger partial charge in [-0.2, -0.15) is 0 Å². The van der Waals surface area contributed by atoms with Crippen molar-refractivity contribution in [3.05, 3.63) is 52.5 Å². The molecule has 0 saturated heterocycles. The first kappa shape index (κ1) is 23.1. The Labute approximate surface area is 206 Å². The molecule has 8 heteroatoms. The Bertz CT molecular complexity index is 1180. The van der Waals surface area contributed by atoms with Crippen molar-refractivity contribution in [3.63, 3.8) is 0 Å². The van der Waals surface area contributed by atoms with Gasteiger partial charge in [-0.25, -0.2) is 9.97 Å². The van der Waals surface area contributed by atoms with E-state index in [0.717, 1.165) is 72.6 Å². The minimum atomic E-state index is 0.156. The Morgan fingerprint density at radius 1 is 1.00 bits per heavy atom. The van der Waals surface area contributed by atoms with Gasteiger partial charge in [0.2, 0.25) is 0 Å². The summed E-state index contributed by atoms with van der Waals surface area (Å²) in [7, 11) is 8.31. The van der Waals surface area contributed by atoms with Gasteiger partial charge in [0.1, 0.15) is 12.4 Å². The number of halogens is 1. The molecular weight excluding hydrogens is 448 g/mol. The van der Waals surface area contributed by atoms with Crippen molar-refractivity contribution in [2.75, 3.05) is 77.3 Å². The third kappa shape index (κ3) is 4.52. The third-order valence-corrected chi connectivity index (χ3v) is 7.00. The number of fused-ring (bicyclic) bond motifs is 6. The fourth-order valence-corrected chi connectivity index (χ4v) is 5.14. The van der Waals surface area contributed by atoms with Crippen LogP contribution in [0.4, 0.5) is 11.6 Å². The normalized spacial score (nSPS) is 17.2. The van der Waals surface area contributed by atoms with E-state index in [9.17, 15) is 0 Å². The van der Waals surface area contributed by atoms with Crippen molar-refractivity contribution in [2.24, 2.45) is 0 Å². The molecule has 1 atom stereocenters. The average molecular weight is 481 g/mol. The molecule has 0 aliphatic carbocycles. The zero-order chi connectivity index (χ0) is 23.8. The Hall–Kier alpha value is -2.61. The molecule has 2 aromatic carbocycles. The van der Waals surface area contributed by atoms with E-state index in [4.69, 9.17) is 26.3 Å². The van der Waals surface area contributed by atoms with Crippen LogP contribution in [0.5, 0.6) is 5.75 Å². The standard InChI is InChI=1S/C26H33ClN6O/c1-30(2)11-12-32-17-24-20-15-18(34-14-13-31(3)4)16-21(27)19(20)9-10-33(24)26-25(32)28-22-7-5-6-8-23(22)29-26/h5-8,15-16,24H,9-14,17H2,1-4H3. The first-order chi connectivity index (χ1) is 16.4. The molecule has 1 aromatic heterocycles. The molecule has 0 amide bonds. The summed E-state index contributed by atoms with van der Waals surface area (Å²) < 4.78 is 6.08. The van der Waals surface area contributed by atoms with Crippen LogP contribution in [0.1, 0.15) is 17.2 Å². The van der Waals surface area contributed by atoms with Crippen molar-refractivity contribution in [1.29, 1.82) is 0 Å². The largest absolute Gasteiger partial charge is 0.492 e. The van der Waals surface area contributed by atoms with Crippen molar-refractivity contribution in [1.82, 2.24) is 19.8 Å². The van der Waals surface area contributed by atoms with Gasteiger partial charge in [0.15, 0.2) is 11.6 Å². The second kappa shape index (κ2) is 9.56. The summed E-state index contributed by atoms with van der Waals surface area (Å²) in [4.78, 5) is 19.3. The molecule has 0 fully saturated rings. The van der Waals surface area contributed by atoms with E-state index >= 15 is 0 Å². The molecule has 1 unspecified atom stereocenters. The fraction of sp³-hybridized carbons (Fsp3) is 0.462. The monoisotopic (exact) mass is 480 g/mol. The molecule has 2 aliphatic rings. The van der Waals surface area contributed by atoms with Crippen LogP contribution in [0.25, 0.3) is 11.0 Å². The van der Waals surface area contributed by atoms with Crippen LogP contribution < -0.4 is 14.5 Å². The first-order valence-corrected chi connectivity index (χ1v) is 12.3. The van der Waals surface area contributed by atoms with Gasteiger partial charge in [0, 0.05) is 37.7 Å². The van der Waals surface area contributed by atoms with Gasteiger partial charge < -0.3 is 24.3 Å². The molecular formula is C26H33ClN6O. The molecule has 2 aliphatic heterocycles. The van der Waals surface area contributed by atoms with Crippen LogP contribution in [0, 0.1) is 0 Å². The zero-order valence-corrected chi connectivity index (χ0v) is 21.2. The van der Waals surface area contributed by atoms with E-state index in [1.165, 1.54) is 11.1 Å². The van der Waals surface area contributed by atoms with Crippen molar-refractivity contribution in [2.45, 2.75) is 12.5 Å². The van der Waals surface area contributed by atoms with Crippen LogP contribution in [0.15, 0.2) is 36.4 Å². The number of ether oxygens (including phenoxy) is 1. The van der Waals surface area contributed by atoms with Crippen LogP contribution in [-0.4, -0.2) is 87.3 Å². The van der Waals surface area contributed by atoms with E-state index < -0.39 is 0 Å². The van der Waals surface area contributed by atoms with Crippen LogP contribution >= 0.6 is 11.6 Å². The number of hydrogen-bond donors (Lipinski definition) is 0. The van der Waals surface area contributed by atoms with Gasteiger partial charge in [-0.05, 0) is 70.0 Å². The number of para-hydroxylation sites is 2. The molecule has 0 radical (unpaired) electrons. The molecule has 3 heterocycles. The number of nitrogens with zero attached hydrogens (tertiary/aromatic N) is 6. The third-order valence-electron chi connectivity index (χ3n) is 6.67. The number of likely N-dealkylation sites (N-methyl/N-ethyl adjacent to an activating group) is 2. The molecule has 180 valence electrons. The van der Waals surface area contributed by atoms with Crippen LogP contribution in [-0.2, 0) is 6.42 Å². The topological polar surface area (TPSA) is 48.0 Å². The molecule has 3 aromatic rings. The highest BCUT2D eigenvalue weighted by Gasteiger charge is 2.38. The van der Waals surface area contributed by atoms with Crippen molar-refractivity contribution < 1.29 is 4.74 Å². The van der Waals surface area contributed by atoms with Crippen molar-refractivity contribution >= 4 is 34.3 Å². The predicted octanol–water partition coefficient (Wildman–Crippen LogP) is 3.71. The summed E-state index contributed by atoms with van der Waals surface area (Å²) in [5, 5.41) is 0.798. The highest BCUT2D eigenvalue weighted by Crippen LogP contribution is 2.45. The number of aromatic nitrogens is 2. The lowest BCUT2D eigenvalue weighted by molar-refractivity contribution is 0.261. The first-order valence-electron chi connectivity index (χ1n) is 11.9. The maximum Gasteiger partial charge on any atom is 0.173 e. The summed E-state index contributed by atoms with van der Waals surface area (Å²) >= 11 is 6.78. The molecule has 0 bridgehead atoms. The summed E-state index contributed by atoms with van der Waals surface area (Å²) in [6.45, 7) is 5.05. The molecule has 0 saturated carbocycles. The summed E-state index contributed by atoms with van der Waals surface area (Å²) in [5.41, 5.74) is 4.34.